The molecule has 0 amide bonds. The summed E-state index contributed by atoms with van der Waals surface area (Å²) in [6, 6.07) is 21.1. The first-order chi connectivity index (χ1) is 12.1. The Morgan fingerprint density at radius 1 is 1.12 bits per heavy atom. The first-order valence-electron chi connectivity index (χ1n) is 8.75. The average Bonchev–Trinajstić information content (AvgIpc) is 3.00. The second kappa shape index (κ2) is 8.03. The van der Waals surface area contributed by atoms with Gasteiger partial charge in [-0.3, -0.25) is 0 Å². The summed E-state index contributed by atoms with van der Waals surface area (Å²) < 4.78 is 6.76. The van der Waals surface area contributed by atoms with Crippen LogP contribution in [0.5, 0.6) is 0 Å². The molecule has 130 valence electrons. The number of esters is 1. The van der Waals surface area contributed by atoms with Crippen molar-refractivity contribution in [3.8, 4) is 0 Å². The van der Waals surface area contributed by atoms with Crippen molar-refractivity contribution < 1.29 is 9.53 Å². The Kier molecular flexibility index (Phi) is 5.78. The molecule has 3 rings (SSSR count). The first-order valence-corrected chi connectivity index (χ1v) is 10.8. The van der Waals surface area contributed by atoms with Crippen molar-refractivity contribution in [1.29, 1.82) is 0 Å². The quantitative estimate of drug-likeness (QED) is 0.540. The zero-order valence-electron chi connectivity index (χ0n) is 14.8. The maximum absolute atomic E-state index is 12.5. The molecule has 0 aromatic heterocycles. The number of hydrogen-bond donors (Lipinski definition) is 0. The SMILES string of the molecule is CCOC(=O)C1(C)C=C(c2ccccc2)C(C[Se]c2ccccc2)C1. The Morgan fingerprint density at radius 3 is 2.40 bits per heavy atom. The van der Waals surface area contributed by atoms with E-state index in [1.54, 1.807) is 0 Å². The van der Waals surface area contributed by atoms with E-state index in [2.05, 4.69) is 60.7 Å². The van der Waals surface area contributed by atoms with Gasteiger partial charge in [-0.15, -0.1) is 0 Å². The summed E-state index contributed by atoms with van der Waals surface area (Å²) in [6.07, 6.45) is 3.00. The molecule has 0 fully saturated rings. The van der Waals surface area contributed by atoms with Gasteiger partial charge in [0.25, 0.3) is 0 Å². The molecule has 3 heteroatoms. The molecule has 2 unspecified atom stereocenters. The summed E-state index contributed by atoms with van der Waals surface area (Å²) in [5, 5.41) is 1.10. The summed E-state index contributed by atoms with van der Waals surface area (Å²) in [5.74, 6) is 0.301. The monoisotopic (exact) mass is 400 g/mol. The second-order valence-corrected chi connectivity index (χ2v) is 8.92. The van der Waals surface area contributed by atoms with Gasteiger partial charge in [-0.05, 0) is 0 Å². The minimum absolute atomic E-state index is 0.0989. The minimum atomic E-state index is -0.515. The average molecular weight is 399 g/mol. The Morgan fingerprint density at radius 2 is 1.76 bits per heavy atom. The number of benzene rings is 2. The summed E-state index contributed by atoms with van der Waals surface area (Å²) in [4.78, 5) is 12.5. The summed E-state index contributed by atoms with van der Waals surface area (Å²) in [5.41, 5.74) is 2.01. The molecule has 0 aliphatic heterocycles. The predicted octanol–water partition coefficient (Wildman–Crippen LogP) is 4.11. The molecule has 2 atom stereocenters. The third kappa shape index (κ3) is 4.23. The van der Waals surface area contributed by atoms with Gasteiger partial charge in [-0.1, -0.05) is 0 Å². The van der Waals surface area contributed by atoms with Gasteiger partial charge in [0.15, 0.2) is 0 Å². The molecule has 2 aromatic carbocycles. The topological polar surface area (TPSA) is 26.3 Å². The molecule has 0 N–H and O–H groups in total. The molecule has 0 spiro atoms. The van der Waals surface area contributed by atoms with Gasteiger partial charge >= 0.3 is 156 Å². The van der Waals surface area contributed by atoms with E-state index in [0.717, 1.165) is 11.7 Å². The molecule has 0 bridgehead atoms. The molecule has 2 nitrogen and oxygen atoms in total. The maximum atomic E-state index is 12.5. The van der Waals surface area contributed by atoms with Crippen LogP contribution in [0, 0.1) is 11.3 Å². The number of ether oxygens (including phenoxy) is 1. The third-order valence-corrected chi connectivity index (χ3v) is 7.09. The molecular formula is C22H24O2Se. The van der Waals surface area contributed by atoms with Crippen molar-refractivity contribution >= 4 is 31.0 Å². The zero-order chi connectivity index (χ0) is 17.7. The van der Waals surface area contributed by atoms with E-state index >= 15 is 0 Å². The molecule has 1 aliphatic carbocycles. The third-order valence-electron chi connectivity index (χ3n) is 4.63. The Hall–Kier alpha value is -1.83. The van der Waals surface area contributed by atoms with Crippen molar-refractivity contribution in [3.63, 3.8) is 0 Å². The Labute approximate surface area is 156 Å². The van der Waals surface area contributed by atoms with Crippen molar-refractivity contribution in [2.75, 3.05) is 6.61 Å². The fraction of sp³-hybridized carbons (Fsp3) is 0.318. The van der Waals surface area contributed by atoms with Gasteiger partial charge < -0.3 is 0 Å². The summed E-state index contributed by atoms with van der Waals surface area (Å²) >= 11 is 0.402. The van der Waals surface area contributed by atoms with E-state index in [1.807, 2.05) is 19.9 Å². The number of carbonyl (C=O) groups is 1. The van der Waals surface area contributed by atoms with E-state index in [1.165, 1.54) is 15.6 Å². The predicted molar refractivity (Wildman–Crippen MR) is 104 cm³/mol. The molecule has 1 aliphatic rings. The number of hydrogen-bond acceptors (Lipinski definition) is 2. The molecule has 0 saturated heterocycles. The number of rotatable bonds is 6. The van der Waals surface area contributed by atoms with Crippen LogP contribution in [0.15, 0.2) is 66.7 Å². The Balaban J connectivity index is 1.83. The van der Waals surface area contributed by atoms with E-state index < -0.39 is 5.41 Å². The fourth-order valence-electron chi connectivity index (χ4n) is 3.39. The molecule has 25 heavy (non-hydrogen) atoms. The van der Waals surface area contributed by atoms with Crippen molar-refractivity contribution in [1.82, 2.24) is 0 Å². The van der Waals surface area contributed by atoms with Gasteiger partial charge in [-0.2, -0.15) is 0 Å². The van der Waals surface area contributed by atoms with E-state index in [4.69, 9.17) is 4.74 Å². The van der Waals surface area contributed by atoms with Crippen LogP contribution in [0.2, 0.25) is 5.32 Å². The molecule has 0 saturated carbocycles. The van der Waals surface area contributed by atoms with Crippen molar-refractivity contribution in [2.45, 2.75) is 25.6 Å². The van der Waals surface area contributed by atoms with Crippen LogP contribution >= 0.6 is 0 Å². The van der Waals surface area contributed by atoms with Crippen LogP contribution in [0.4, 0.5) is 0 Å². The fourth-order valence-corrected chi connectivity index (χ4v) is 5.58. The van der Waals surface area contributed by atoms with Crippen LogP contribution in [0.3, 0.4) is 0 Å². The normalized spacial score (nSPS) is 22.5. The molecular weight excluding hydrogens is 375 g/mol. The van der Waals surface area contributed by atoms with Crippen molar-refractivity contribution in [2.24, 2.45) is 11.3 Å². The second-order valence-electron chi connectivity index (χ2n) is 6.63. The summed E-state index contributed by atoms with van der Waals surface area (Å²) in [7, 11) is 0. The first kappa shape index (κ1) is 18.0. The van der Waals surface area contributed by atoms with Crippen molar-refractivity contribution in [3.05, 3.63) is 72.3 Å². The standard InChI is InChI=1S/C22H24O2Se/c1-3-24-21(23)22(2)14-18(16-25-19-12-8-5-9-13-19)20(15-22)17-10-6-4-7-11-17/h4-13,15,18H,3,14,16H2,1-2H3. The molecule has 0 radical (unpaired) electrons. The Bertz CT molecular complexity index is 739. The zero-order valence-corrected chi connectivity index (χ0v) is 16.5. The van der Waals surface area contributed by atoms with Gasteiger partial charge in [0.2, 0.25) is 0 Å². The van der Waals surface area contributed by atoms with E-state index in [9.17, 15) is 4.79 Å². The number of carbonyl (C=O) groups excluding carboxylic acids is 1. The van der Waals surface area contributed by atoms with E-state index in [0.29, 0.717) is 27.5 Å². The van der Waals surface area contributed by atoms with Gasteiger partial charge in [0.05, 0.1) is 0 Å². The van der Waals surface area contributed by atoms with Crippen LogP contribution in [-0.2, 0) is 9.53 Å². The number of allylic oxidation sites excluding steroid dienone is 1. The van der Waals surface area contributed by atoms with Crippen LogP contribution in [0.1, 0.15) is 25.8 Å². The summed E-state index contributed by atoms with van der Waals surface area (Å²) in [6.45, 7) is 4.32. The van der Waals surface area contributed by atoms with Gasteiger partial charge in [0.1, 0.15) is 0 Å². The molecule has 0 heterocycles. The molecule has 2 aromatic rings. The van der Waals surface area contributed by atoms with Gasteiger partial charge in [0, 0.05) is 0 Å². The van der Waals surface area contributed by atoms with E-state index in [-0.39, 0.29) is 5.97 Å². The van der Waals surface area contributed by atoms with Crippen LogP contribution in [0.25, 0.3) is 5.57 Å². The van der Waals surface area contributed by atoms with Gasteiger partial charge in [-0.25, -0.2) is 0 Å². The van der Waals surface area contributed by atoms with Crippen LogP contribution < -0.4 is 4.46 Å². The van der Waals surface area contributed by atoms with Crippen LogP contribution in [-0.4, -0.2) is 27.5 Å².